The van der Waals surface area contributed by atoms with Crippen molar-refractivity contribution in [2.75, 3.05) is 0 Å². The number of hydrogen-bond donors (Lipinski definition) is 1. The van der Waals surface area contributed by atoms with Crippen LogP contribution in [0.25, 0.3) is 16.6 Å². The summed E-state index contributed by atoms with van der Waals surface area (Å²) in [6.07, 6.45) is 5.62. The fraction of sp³-hybridized carbons (Fsp3) is 0.294. The molecule has 1 N–H and O–H groups in total. The first-order valence-corrected chi connectivity index (χ1v) is 7.16. The Morgan fingerprint density at radius 2 is 1.90 bits per heavy atom. The minimum atomic E-state index is 0.0687. The second kappa shape index (κ2) is 5.30. The van der Waals surface area contributed by atoms with Gasteiger partial charge in [-0.15, -0.1) is 0 Å². The van der Waals surface area contributed by atoms with Crippen molar-refractivity contribution in [3.8, 4) is 5.69 Å². The molecular weight excluding hydrogens is 260 g/mol. The van der Waals surface area contributed by atoms with Crippen LogP contribution in [0.2, 0.25) is 0 Å². The van der Waals surface area contributed by atoms with Crippen LogP contribution >= 0.6 is 0 Å². The van der Waals surface area contributed by atoms with Gasteiger partial charge in [0.1, 0.15) is 0 Å². The molecule has 1 aromatic carbocycles. The number of fused-ring (bicyclic) bond motifs is 1. The highest BCUT2D eigenvalue weighted by atomic mass is 15.3. The zero-order chi connectivity index (χ0) is 14.9. The van der Waals surface area contributed by atoms with Gasteiger partial charge in [0, 0.05) is 35.4 Å². The lowest BCUT2D eigenvalue weighted by Crippen LogP contribution is -2.35. The van der Waals surface area contributed by atoms with Gasteiger partial charge in [0.15, 0.2) is 0 Å². The highest BCUT2D eigenvalue weighted by molar-refractivity contribution is 5.80. The number of nitrogens with one attached hydrogen (secondary N) is 1. The van der Waals surface area contributed by atoms with Crippen LogP contribution in [0.15, 0.2) is 48.9 Å². The molecule has 108 valence electrons. The molecule has 2 heterocycles. The van der Waals surface area contributed by atoms with Crippen molar-refractivity contribution in [3.05, 3.63) is 54.5 Å². The highest BCUT2D eigenvalue weighted by Gasteiger charge is 2.13. The van der Waals surface area contributed by atoms with Gasteiger partial charge in [-0.3, -0.25) is 4.98 Å². The predicted octanol–water partition coefficient (Wildman–Crippen LogP) is 3.31. The van der Waals surface area contributed by atoms with Gasteiger partial charge in [-0.05, 0) is 32.9 Å². The Morgan fingerprint density at radius 1 is 1.10 bits per heavy atom. The van der Waals surface area contributed by atoms with Gasteiger partial charge < -0.3 is 5.32 Å². The van der Waals surface area contributed by atoms with Crippen LogP contribution in [-0.4, -0.2) is 20.3 Å². The van der Waals surface area contributed by atoms with Gasteiger partial charge in [-0.25, -0.2) is 4.68 Å². The minimum Gasteiger partial charge on any atom is -0.308 e. The maximum Gasteiger partial charge on any atom is 0.0741 e. The van der Waals surface area contributed by atoms with Crippen LogP contribution in [0.1, 0.15) is 26.3 Å². The maximum absolute atomic E-state index is 4.53. The summed E-state index contributed by atoms with van der Waals surface area (Å²) < 4.78 is 1.98. The third-order valence-electron chi connectivity index (χ3n) is 3.39. The molecule has 0 radical (unpaired) electrons. The van der Waals surface area contributed by atoms with Crippen molar-refractivity contribution in [1.29, 1.82) is 0 Å². The zero-order valence-electron chi connectivity index (χ0n) is 12.7. The van der Waals surface area contributed by atoms with Gasteiger partial charge in [0.25, 0.3) is 0 Å². The van der Waals surface area contributed by atoms with Crippen molar-refractivity contribution in [2.45, 2.75) is 32.9 Å². The van der Waals surface area contributed by atoms with E-state index in [2.05, 4.69) is 48.3 Å². The molecule has 0 saturated heterocycles. The summed E-state index contributed by atoms with van der Waals surface area (Å²) in [5, 5.41) is 9.18. The van der Waals surface area contributed by atoms with E-state index >= 15 is 0 Å². The van der Waals surface area contributed by atoms with Gasteiger partial charge in [-0.2, -0.15) is 5.10 Å². The van der Waals surface area contributed by atoms with Crippen LogP contribution in [-0.2, 0) is 6.54 Å². The molecule has 2 aromatic heterocycles. The van der Waals surface area contributed by atoms with Crippen molar-refractivity contribution in [1.82, 2.24) is 20.1 Å². The van der Waals surface area contributed by atoms with Crippen molar-refractivity contribution < 1.29 is 0 Å². The first kappa shape index (κ1) is 13.8. The lowest BCUT2D eigenvalue weighted by molar-refractivity contribution is 0.423. The molecule has 0 unspecified atom stereocenters. The number of rotatable bonds is 3. The Bertz CT molecular complexity index is 753. The van der Waals surface area contributed by atoms with Gasteiger partial charge in [0.05, 0.1) is 17.4 Å². The van der Waals surface area contributed by atoms with Gasteiger partial charge in [-0.1, -0.05) is 18.2 Å². The summed E-state index contributed by atoms with van der Waals surface area (Å²) in [5.74, 6) is 0. The van der Waals surface area contributed by atoms with Crippen LogP contribution in [0, 0.1) is 0 Å². The average molecular weight is 280 g/mol. The summed E-state index contributed by atoms with van der Waals surface area (Å²) in [7, 11) is 0. The van der Waals surface area contributed by atoms with Crippen molar-refractivity contribution in [2.24, 2.45) is 0 Å². The SMILES string of the molecule is CC(C)(C)NCc1cnccc1-n1ncc2ccccc21. The Labute approximate surface area is 124 Å². The summed E-state index contributed by atoms with van der Waals surface area (Å²) in [6, 6.07) is 10.2. The molecule has 3 rings (SSSR count). The molecule has 0 bridgehead atoms. The quantitative estimate of drug-likeness (QED) is 0.800. The van der Waals surface area contributed by atoms with Crippen molar-refractivity contribution in [3.63, 3.8) is 0 Å². The third kappa shape index (κ3) is 2.95. The number of nitrogens with zero attached hydrogens (tertiary/aromatic N) is 3. The van der Waals surface area contributed by atoms with Crippen LogP contribution in [0.3, 0.4) is 0 Å². The Hall–Kier alpha value is -2.20. The Balaban J connectivity index is 2.02. The van der Waals surface area contributed by atoms with E-state index in [1.807, 2.05) is 41.5 Å². The van der Waals surface area contributed by atoms with E-state index in [0.717, 1.165) is 28.7 Å². The average Bonchev–Trinajstić information content (AvgIpc) is 2.88. The predicted molar refractivity (Wildman–Crippen MR) is 85.5 cm³/mol. The van der Waals surface area contributed by atoms with E-state index in [1.54, 1.807) is 0 Å². The molecule has 4 nitrogen and oxygen atoms in total. The minimum absolute atomic E-state index is 0.0687. The molecule has 3 aromatic rings. The highest BCUT2D eigenvalue weighted by Crippen LogP contribution is 2.20. The maximum atomic E-state index is 4.53. The van der Waals surface area contributed by atoms with Crippen LogP contribution in [0.4, 0.5) is 0 Å². The molecule has 0 aliphatic heterocycles. The number of aromatic nitrogens is 3. The molecule has 21 heavy (non-hydrogen) atoms. The zero-order valence-corrected chi connectivity index (χ0v) is 12.7. The molecule has 0 aliphatic rings. The topological polar surface area (TPSA) is 42.7 Å². The summed E-state index contributed by atoms with van der Waals surface area (Å²) in [4.78, 5) is 4.25. The monoisotopic (exact) mass is 280 g/mol. The number of hydrogen-bond acceptors (Lipinski definition) is 3. The number of benzene rings is 1. The fourth-order valence-corrected chi connectivity index (χ4v) is 2.29. The van der Waals surface area contributed by atoms with E-state index in [1.165, 1.54) is 0 Å². The second-order valence-electron chi connectivity index (χ2n) is 6.22. The summed E-state index contributed by atoms with van der Waals surface area (Å²) in [6.45, 7) is 7.24. The molecule has 0 saturated carbocycles. The first-order chi connectivity index (χ1) is 10.0. The number of pyridine rings is 1. The molecular formula is C17H20N4. The molecule has 0 aliphatic carbocycles. The standard InChI is InChI=1S/C17H20N4/c1-17(2,3)19-11-14-10-18-9-8-16(14)21-15-7-5-4-6-13(15)12-20-21/h4-10,12,19H,11H2,1-3H3. The first-order valence-electron chi connectivity index (χ1n) is 7.16. The molecule has 0 amide bonds. The lowest BCUT2D eigenvalue weighted by Gasteiger charge is -2.21. The van der Waals surface area contributed by atoms with Gasteiger partial charge in [0.2, 0.25) is 0 Å². The number of para-hydroxylation sites is 1. The summed E-state index contributed by atoms with van der Waals surface area (Å²) >= 11 is 0. The second-order valence-corrected chi connectivity index (χ2v) is 6.22. The Morgan fingerprint density at radius 3 is 2.71 bits per heavy atom. The molecule has 0 atom stereocenters. The smallest absolute Gasteiger partial charge is 0.0741 e. The van der Waals surface area contributed by atoms with E-state index in [4.69, 9.17) is 0 Å². The van der Waals surface area contributed by atoms with Crippen LogP contribution < -0.4 is 5.32 Å². The van der Waals surface area contributed by atoms with Gasteiger partial charge >= 0.3 is 0 Å². The molecule has 4 heteroatoms. The van der Waals surface area contributed by atoms with Crippen LogP contribution in [0.5, 0.6) is 0 Å². The lowest BCUT2D eigenvalue weighted by atomic mass is 10.1. The third-order valence-corrected chi connectivity index (χ3v) is 3.39. The van der Waals surface area contributed by atoms with Crippen molar-refractivity contribution >= 4 is 10.9 Å². The van der Waals surface area contributed by atoms with E-state index in [0.29, 0.717) is 0 Å². The Kier molecular flexibility index (Phi) is 3.47. The summed E-state index contributed by atoms with van der Waals surface area (Å²) in [5.41, 5.74) is 3.39. The van der Waals surface area contributed by atoms with E-state index in [-0.39, 0.29) is 5.54 Å². The molecule has 0 spiro atoms. The fourth-order valence-electron chi connectivity index (χ4n) is 2.29. The molecule has 0 fully saturated rings. The largest absolute Gasteiger partial charge is 0.308 e. The van der Waals surface area contributed by atoms with E-state index in [9.17, 15) is 0 Å². The normalized spacial score (nSPS) is 12.0. The van der Waals surface area contributed by atoms with E-state index < -0.39 is 0 Å².